The first kappa shape index (κ1) is 32.2. The average molecular weight is 704 g/mol. The number of nitrogens with zero attached hydrogens (tertiary/aromatic N) is 3. The van der Waals surface area contributed by atoms with Gasteiger partial charge in [-0.15, -0.1) is 0 Å². The third-order valence-corrected chi connectivity index (χ3v) is 10.2. The number of para-hydroxylation sites is 1. The minimum Gasteiger partial charge on any atom is -0.456 e. The molecular formula is C51H33N3O. The van der Waals surface area contributed by atoms with E-state index in [-0.39, 0.29) is 0 Å². The Morgan fingerprint density at radius 1 is 0.255 bits per heavy atom. The van der Waals surface area contributed by atoms with Gasteiger partial charge in [0.15, 0.2) is 17.5 Å². The van der Waals surface area contributed by atoms with Crippen LogP contribution in [-0.2, 0) is 0 Å². The van der Waals surface area contributed by atoms with E-state index in [1.54, 1.807) is 0 Å². The molecule has 0 N–H and O–H groups in total. The summed E-state index contributed by atoms with van der Waals surface area (Å²) in [6.45, 7) is 0. The molecule has 0 aliphatic carbocycles. The van der Waals surface area contributed by atoms with E-state index in [1.807, 2.05) is 36.4 Å². The fourth-order valence-corrected chi connectivity index (χ4v) is 7.32. The summed E-state index contributed by atoms with van der Waals surface area (Å²) in [5.41, 5.74) is 13.6. The molecule has 0 aliphatic heterocycles. The van der Waals surface area contributed by atoms with Crippen LogP contribution in [0.5, 0.6) is 0 Å². The van der Waals surface area contributed by atoms with Gasteiger partial charge in [0.05, 0.1) is 0 Å². The number of hydrogen-bond donors (Lipinski definition) is 0. The van der Waals surface area contributed by atoms with Gasteiger partial charge >= 0.3 is 0 Å². The lowest BCUT2D eigenvalue weighted by Gasteiger charge is -2.12. The molecule has 10 rings (SSSR count). The van der Waals surface area contributed by atoms with Crippen molar-refractivity contribution in [1.29, 1.82) is 0 Å². The van der Waals surface area contributed by atoms with Crippen molar-refractivity contribution >= 4 is 21.9 Å². The number of benzene rings is 8. The molecule has 2 heterocycles. The monoisotopic (exact) mass is 703 g/mol. The zero-order chi connectivity index (χ0) is 36.6. The van der Waals surface area contributed by atoms with Crippen molar-refractivity contribution in [3.05, 3.63) is 200 Å². The predicted molar refractivity (Wildman–Crippen MR) is 225 cm³/mol. The Bertz CT molecular complexity index is 2930. The van der Waals surface area contributed by atoms with Gasteiger partial charge in [0, 0.05) is 27.5 Å². The summed E-state index contributed by atoms with van der Waals surface area (Å²) >= 11 is 0. The highest BCUT2D eigenvalue weighted by Crippen LogP contribution is 2.35. The Morgan fingerprint density at radius 2 is 0.655 bits per heavy atom. The minimum atomic E-state index is 0.617. The second kappa shape index (κ2) is 13.8. The number of aromatic nitrogens is 3. The molecule has 0 bridgehead atoms. The highest BCUT2D eigenvalue weighted by atomic mass is 16.3. The van der Waals surface area contributed by atoms with Crippen molar-refractivity contribution in [2.45, 2.75) is 0 Å². The van der Waals surface area contributed by atoms with E-state index in [0.717, 1.165) is 72.0 Å². The highest BCUT2D eigenvalue weighted by Gasteiger charge is 2.16. The fourth-order valence-electron chi connectivity index (χ4n) is 7.32. The van der Waals surface area contributed by atoms with Crippen LogP contribution >= 0.6 is 0 Å². The Balaban J connectivity index is 1.03. The normalized spacial score (nSPS) is 11.3. The third kappa shape index (κ3) is 6.26. The molecule has 0 saturated carbocycles. The van der Waals surface area contributed by atoms with Crippen LogP contribution in [0.2, 0.25) is 0 Å². The van der Waals surface area contributed by atoms with Crippen LogP contribution in [0, 0.1) is 0 Å². The maximum Gasteiger partial charge on any atom is 0.164 e. The lowest BCUT2D eigenvalue weighted by molar-refractivity contribution is 0.669. The number of hydrogen-bond acceptors (Lipinski definition) is 4. The van der Waals surface area contributed by atoms with Gasteiger partial charge in [-0.3, -0.25) is 0 Å². The first-order valence-electron chi connectivity index (χ1n) is 18.4. The molecule has 2 aromatic heterocycles. The van der Waals surface area contributed by atoms with Crippen LogP contribution < -0.4 is 0 Å². The van der Waals surface area contributed by atoms with Gasteiger partial charge in [0.2, 0.25) is 0 Å². The molecule has 0 radical (unpaired) electrons. The maximum absolute atomic E-state index is 6.08. The standard InChI is InChI=1S/C51H33N3O/c1-3-11-34(12-4-1)35-19-21-36(22-20-35)37-23-27-40(28-24-37)49-52-50(54-51(53-49)45-17-8-7-15-43(45)39-13-5-2-6-14-39)41-29-25-38(26-30-41)42-31-32-48-46(33-42)44-16-9-10-18-47(44)55-48/h1-33H. The zero-order valence-electron chi connectivity index (χ0n) is 29.8. The summed E-state index contributed by atoms with van der Waals surface area (Å²) in [5.74, 6) is 1.86. The van der Waals surface area contributed by atoms with Crippen molar-refractivity contribution in [3.63, 3.8) is 0 Å². The topological polar surface area (TPSA) is 51.8 Å². The van der Waals surface area contributed by atoms with Crippen LogP contribution in [0.4, 0.5) is 0 Å². The van der Waals surface area contributed by atoms with E-state index in [9.17, 15) is 0 Å². The summed E-state index contributed by atoms with van der Waals surface area (Å²) < 4.78 is 6.08. The number of fused-ring (bicyclic) bond motifs is 3. The minimum absolute atomic E-state index is 0.617. The lowest BCUT2D eigenvalue weighted by atomic mass is 9.98. The van der Waals surface area contributed by atoms with Crippen LogP contribution in [-0.4, -0.2) is 15.0 Å². The second-order valence-electron chi connectivity index (χ2n) is 13.6. The first-order valence-corrected chi connectivity index (χ1v) is 18.4. The van der Waals surface area contributed by atoms with Crippen molar-refractivity contribution in [2.75, 3.05) is 0 Å². The van der Waals surface area contributed by atoms with Gasteiger partial charge in [0.1, 0.15) is 11.2 Å². The van der Waals surface area contributed by atoms with Crippen molar-refractivity contribution in [3.8, 4) is 78.7 Å². The average Bonchev–Trinajstić information content (AvgIpc) is 3.65. The highest BCUT2D eigenvalue weighted by molar-refractivity contribution is 6.06. The number of rotatable bonds is 7. The van der Waals surface area contributed by atoms with Gasteiger partial charge in [-0.1, -0.05) is 182 Å². The molecule has 0 saturated heterocycles. The summed E-state index contributed by atoms with van der Waals surface area (Å²) in [5, 5.41) is 2.22. The molecular weight excluding hydrogens is 671 g/mol. The van der Waals surface area contributed by atoms with E-state index in [1.165, 1.54) is 11.1 Å². The molecule has 0 fully saturated rings. The molecule has 10 aromatic rings. The molecule has 0 amide bonds. The van der Waals surface area contributed by atoms with Crippen molar-refractivity contribution < 1.29 is 4.42 Å². The molecule has 0 spiro atoms. The second-order valence-corrected chi connectivity index (χ2v) is 13.6. The lowest BCUT2D eigenvalue weighted by Crippen LogP contribution is -2.01. The summed E-state index contributed by atoms with van der Waals surface area (Å²) in [6.07, 6.45) is 0. The van der Waals surface area contributed by atoms with E-state index < -0.39 is 0 Å². The molecule has 55 heavy (non-hydrogen) atoms. The molecule has 8 aromatic carbocycles. The summed E-state index contributed by atoms with van der Waals surface area (Å²) in [7, 11) is 0. The van der Waals surface area contributed by atoms with Gasteiger partial charge in [-0.05, 0) is 62.7 Å². The number of furan rings is 1. The summed E-state index contributed by atoms with van der Waals surface area (Å²) in [6, 6.07) is 69.4. The molecule has 0 aliphatic rings. The van der Waals surface area contributed by atoms with Crippen LogP contribution in [0.25, 0.3) is 101 Å². The van der Waals surface area contributed by atoms with E-state index in [2.05, 4.69) is 164 Å². The van der Waals surface area contributed by atoms with Crippen molar-refractivity contribution in [2.24, 2.45) is 0 Å². The first-order chi connectivity index (χ1) is 27.2. The Morgan fingerprint density at radius 3 is 1.25 bits per heavy atom. The SMILES string of the molecule is c1ccc(-c2ccc(-c3ccc(-c4nc(-c5ccc(-c6ccc7oc8ccccc8c7c6)cc5)nc(-c5ccccc5-c5ccccc5)n4)cc3)cc2)cc1. The van der Waals surface area contributed by atoms with Gasteiger partial charge in [-0.2, -0.15) is 0 Å². The Labute approximate surface area is 319 Å². The van der Waals surface area contributed by atoms with Gasteiger partial charge in [0.25, 0.3) is 0 Å². The van der Waals surface area contributed by atoms with Gasteiger partial charge < -0.3 is 4.42 Å². The molecule has 258 valence electrons. The zero-order valence-corrected chi connectivity index (χ0v) is 29.8. The smallest absolute Gasteiger partial charge is 0.164 e. The van der Waals surface area contributed by atoms with E-state index in [4.69, 9.17) is 19.4 Å². The van der Waals surface area contributed by atoms with Gasteiger partial charge in [-0.25, -0.2) is 15.0 Å². The van der Waals surface area contributed by atoms with E-state index in [0.29, 0.717) is 17.5 Å². The molecule has 0 atom stereocenters. The molecule has 0 unspecified atom stereocenters. The third-order valence-electron chi connectivity index (χ3n) is 10.2. The van der Waals surface area contributed by atoms with Crippen LogP contribution in [0.15, 0.2) is 205 Å². The molecule has 4 nitrogen and oxygen atoms in total. The Kier molecular flexibility index (Phi) is 8.12. The van der Waals surface area contributed by atoms with Crippen LogP contribution in [0.3, 0.4) is 0 Å². The fraction of sp³-hybridized carbons (Fsp3) is 0. The maximum atomic E-state index is 6.08. The van der Waals surface area contributed by atoms with Crippen molar-refractivity contribution in [1.82, 2.24) is 15.0 Å². The Hall–Kier alpha value is -7.43. The molecule has 4 heteroatoms. The summed E-state index contributed by atoms with van der Waals surface area (Å²) in [4.78, 5) is 15.3. The van der Waals surface area contributed by atoms with E-state index >= 15 is 0 Å². The predicted octanol–water partition coefficient (Wildman–Crippen LogP) is 13.4. The largest absolute Gasteiger partial charge is 0.456 e. The quantitative estimate of drug-likeness (QED) is 0.166. The van der Waals surface area contributed by atoms with Crippen LogP contribution in [0.1, 0.15) is 0 Å².